The molecular weight excluding hydrogens is 450 g/mol. The molecule has 0 radical (unpaired) electrons. The predicted molar refractivity (Wildman–Crippen MR) is 136 cm³/mol. The van der Waals surface area contributed by atoms with Crippen LogP contribution < -0.4 is 20.9 Å². The molecule has 34 heavy (non-hydrogen) atoms. The second kappa shape index (κ2) is 10.9. The quantitative estimate of drug-likeness (QED) is 0.414. The van der Waals surface area contributed by atoms with Gasteiger partial charge in [-0.05, 0) is 55.7 Å². The summed E-state index contributed by atoms with van der Waals surface area (Å²) in [6, 6.07) is 11.1. The van der Waals surface area contributed by atoms with Gasteiger partial charge in [0.2, 0.25) is 11.9 Å². The fourth-order valence-corrected chi connectivity index (χ4v) is 4.20. The van der Waals surface area contributed by atoms with Gasteiger partial charge in [0.1, 0.15) is 5.82 Å². The van der Waals surface area contributed by atoms with E-state index in [0.717, 1.165) is 24.6 Å². The van der Waals surface area contributed by atoms with Gasteiger partial charge in [0.15, 0.2) is 5.82 Å². The van der Waals surface area contributed by atoms with Crippen molar-refractivity contribution in [2.45, 2.75) is 24.2 Å². The van der Waals surface area contributed by atoms with Crippen LogP contribution >= 0.6 is 0 Å². The first-order valence-corrected chi connectivity index (χ1v) is 12.6. The van der Waals surface area contributed by atoms with E-state index in [1.54, 1.807) is 30.7 Å². The highest BCUT2D eigenvalue weighted by Gasteiger charge is 2.14. The molecule has 1 amide bonds. The molecule has 1 aromatic carbocycles. The Bertz CT molecular complexity index is 1190. The Kier molecular flexibility index (Phi) is 7.48. The number of pyridine rings is 1. The number of piperidine rings is 1. The van der Waals surface area contributed by atoms with Crippen molar-refractivity contribution in [3.05, 3.63) is 61.4 Å². The molecule has 4 rings (SSSR count). The number of rotatable bonds is 8. The molecule has 1 fully saturated rings. The maximum atomic E-state index is 12.3. The average Bonchev–Trinajstić information content (AvgIpc) is 2.85. The van der Waals surface area contributed by atoms with E-state index in [1.165, 1.54) is 31.5 Å². The summed E-state index contributed by atoms with van der Waals surface area (Å²) in [5.41, 5.74) is 2.03. The molecule has 1 aliphatic heterocycles. The molecule has 10 heteroatoms. The second-order valence-corrected chi connectivity index (χ2v) is 9.19. The van der Waals surface area contributed by atoms with E-state index >= 15 is 0 Å². The zero-order valence-electron chi connectivity index (χ0n) is 19.0. The molecule has 1 saturated heterocycles. The first-order chi connectivity index (χ1) is 16.5. The van der Waals surface area contributed by atoms with Gasteiger partial charge in [-0.2, -0.15) is 4.98 Å². The van der Waals surface area contributed by atoms with E-state index in [0.29, 0.717) is 28.0 Å². The van der Waals surface area contributed by atoms with E-state index in [4.69, 9.17) is 0 Å². The van der Waals surface area contributed by atoms with Crippen LogP contribution in [0, 0.1) is 0 Å². The second-order valence-electron chi connectivity index (χ2n) is 7.84. The van der Waals surface area contributed by atoms with Crippen molar-refractivity contribution in [1.29, 1.82) is 0 Å². The highest BCUT2D eigenvalue weighted by molar-refractivity contribution is 7.84. The van der Waals surface area contributed by atoms with Gasteiger partial charge in [0.25, 0.3) is 0 Å². The molecule has 1 unspecified atom stereocenters. The number of hydrogen-bond acceptors (Lipinski definition) is 8. The Morgan fingerprint density at radius 1 is 1.03 bits per heavy atom. The van der Waals surface area contributed by atoms with Crippen molar-refractivity contribution in [2.24, 2.45) is 0 Å². The maximum absolute atomic E-state index is 12.3. The third-order valence-electron chi connectivity index (χ3n) is 5.33. The number of carbonyl (C=O) groups is 1. The third kappa shape index (κ3) is 5.96. The molecule has 0 aliphatic carbocycles. The van der Waals surface area contributed by atoms with Crippen molar-refractivity contribution in [3.63, 3.8) is 0 Å². The Morgan fingerprint density at radius 3 is 2.53 bits per heavy atom. The topological polar surface area (TPSA) is 112 Å². The zero-order valence-corrected chi connectivity index (χ0v) is 19.8. The number of carbonyl (C=O) groups excluding carboxylic acids is 1. The van der Waals surface area contributed by atoms with Crippen LogP contribution in [0.2, 0.25) is 0 Å². The minimum Gasteiger partial charge on any atom is -0.357 e. The minimum absolute atomic E-state index is 0.305. The van der Waals surface area contributed by atoms with Gasteiger partial charge >= 0.3 is 0 Å². The first-order valence-electron chi connectivity index (χ1n) is 11.0. The van der Waals surface area contributed by atoms with E-state index in [2.05, 4.69) is 42.4 Å². The summed E-state index contributed by atoms with van der Waals surface area (Å²) in [6.45, 7) is 5.53. The number of nitrogens with one attached hydrogen (secondary N) is 3. The summed E-state index contributed by atoms with van der Waals surface area (Å²) in [5, 5.41) is 9.06. The van der Waals surface area contributed by atoms with E-state index in [-0.39, 0.29) is 5.91 Å². The van der Waals surface area contributed by atoms with Gasteiger partial charge in [-0.3, -0.25) is 9.00 Å². The number of aromatic nitrogens is 3. The van der Waals surface area contributed by atoms with Gasteiger partial charge in [-0.25, -0.2) is 9.97 Å². The lowest BCUT2D eigenvalue weighted by Crippen LogP contribution is -2.29. The fourth-order valence-electron chi connectivity index (χ4n) is 3.63. The van der Waals surface area contributed by atoms with Gasteiger partial charge in [-0.1, -0.05) is 12.6 Å². The maximum Gasteiger partial charge on any atom is 0.247 e. The van der Waals surface area contributed by atoms with Crippen molar-refractivity contribution in [3.8, 4) is 0 Å². The predicted octanol–water partition coefficient (Wildman–Crippen LogP) is 4.21. The lowest BCUT2D eigenvalue weighted by atomic mass is 10.1. The van der Waals surface area contributed by atoms with Crippen LogP contribution in [-0.4, -0.2) is 44.4 Å². The summed E-state index contributed by atoms with van der Waals surface area (Å²) in [4.78, 5) is 27.8. The largest absolute Gasteiger partial charge is 0.357 e. The molecule has 9 nitrogen and oxygen atoms in total. The van der Waals surface area contributed by atoms with Crippen LogP contribution in [0.25, 0.3) is 0 Å². The smallest absolute Gasteiger partial charge is 0.247 e. The molecule has 1 atom stereocenters. The summed E-state index contributed by atoms with van der Waals surface area (Å²) in [7, 11) is -1.31. The summed E-state index contributed by atoms with van der Waals surface area (Å²) in [6.07, 6.45) is 9.73. The normalized spacial score (nSPS) is 14.2. The number of nitrogens with zero attached hydrogens (tertiary/aromatic N) is 4. The molecule has 0 bridgehead atoms. The Balaban J connectivity index is 1.52. The van der Waals surface area contributed by atoms with Crippen molar-refractivity contribution < 1.29 is 9.00 Å². The number of anilines is 6. The van der Waals surface area contributed by atoms with Crippen LogP contribution in [-0.2, 0) is 15.6 Å². The molecule has 0 saturated carbocycles. The van der Waals surface area contributed by atoms with Crippen LogP contribution in [0.15, 0.2) is 66.3 Å². The van der Waals surface area contributed by atoms with Crippen molar-refractivity contribution in [1.82, 2.24) is 15.0 Å². The molecular formula is C24H27N7O2S. The monoisotopic (exact) mass is 477 g/mol. The summed E-state index contributed by atoms with van der Waals surface area (Å²) in [5.74, 6) is 1.42. The van der Waals surface area contributed by atoms with Gasteiger partial charge in [-0.15, -0.1) is 0 Å². The first kappa shape index (κ1) is 23.4. The minimum atomic E-state index is -1.31. The lowest BCUT2D eigenvalue weighted by Gasteiger charge is -2.27. The van der Waals surface area contributed by atoms with Crippen LogP contribution in [0.4, 0.5) is 34.6 Å². The van der Waals surface area contributed by atoms with Gasteiger partial charge in [0.05, 0.1) is 33.8 Å². The summed E-state index contributed by atoms with van der Waals surface area (Å²) >= 11 is 0. The zero-order chi connectivity index (χ0) is 23.9. The highest BCUT2D eigenvalue weighted by atomic mass is 32.2. The molecule has 3 N–H and O–H groups in total. The number of amides is 1. The number of hydrogen-bond donors (Lipinski definition) is 3. The Hall–Kier alpha value is -3.79. The molecule has 2 aromatic heterocycles. The van der Waals surface area contributed by atoms with E-state index in [9.17, 15) is 9.00 Å². The SMILES string of the molecule is C=CC(=O)Nc1cccc(Nc2nc(Nc3ccc(N4CCCCC4)nc3)ncc2S(C)=O)c1. The average molecular weight is 478 g/mol. The van der Waals surface area contributed by atoms with Crippen LogP contribution in [0.3, 0.4) is 0 Å². The highest BCUT2D eigenvalue weighted by Crippen LogP contribution is 2.26. The van der Waals surface area contributed by atoms with E-state index < -0.39 is 10.8 Å². The molecule has 0 spiro atoms. The standard InChI is InChI=1S/C24H27N7O2S/c1-3-22(32)27-17-8-7-9-18(14-17)28-23-20(34(2)33)16-26-24(30-23)29-19-10-11-21(25-15-19)31-12-5-4-6-13-31/h3,7-11,14-16H,1,4-6,12-13H2,2H3,(H,27,32)(H2,26,28,29,30). The van der Waals surface area contributed by atoms with Gasteiger partial charge in [0, 0.05) is 30.7 Å². The Morgan fingerprint density at radius 2 is 1.82 bits per heavy atom. The molecule has 1 aliphatic rings. The van der Waals surface area contributed by atoms with Crippen molar-refractivity contribution in [2.75, 3.05) is 40.2 Å². The van der Waals surface area contributed by atoms with Crippen LogP contribution in [0.1, 0.15) is 19.3 Å². The van der Waals surface area contributed by atoms with Crippen LogP contribution in [0.5, 0.6) is 0 Å². The lowest BCUT2D eigenvalue weighted by molar-refractivity contribution is -0.111. The fraction of sp³-hybridized carbons (Fsp3) is 0.250. The molecule has 176 valence electrons. The summed E-state index contributed by atoms with van der Waals surface area (Å²) < 4.78 is 12.3. The molecule has 3 aromatic rings. The molecule has 3 heterocycles. The van der Waals surface area contributed by atoms with E-state index in [1.807, 2.05) is 18.2 Å². The number of benzene rings is 1. The van der Waals surface area contributed by atoms with Crippen molar-refractivity contribution >= 4 is 51.4 Å². The van der Waals surface area contributed by atoms with Gasteiger partial charge < -0.3 is 20.9 Å². The Labute approximate surface area is 201 Å². The third-order valence-corrected chi connectivity index (χ3v) is 6.25.